The van der Waals surface area contributed by atoms with Crippen LogP contribution >= 0.6 is 0 Å². The van der Waals surface area contributed by atoms with E-state index in [1.54, 1.807) is 6.33 Å². The Balaban J connectivity index is 0.00000160. The summed E-state index contributed by atoms with van der Waals surface area (Å²) < 4.78 is 7.74. The zero-order valence-corrected chi connectivity index (χ0v) is 28.0. The zero-order chi connectivity index (χ0) is 19.7. The number of nitrogen functional groups attached to an aromatic ring is 1. The normalized spacial score (nSPS) is 20.7. The Hall–Kier alpha value is 0.857. The first-order valence-corrected chi connectivity index (χ1v) is 10.0. The molecule has 1 aliphatic carbocycles. The van der Waals surface area contributed by atoms with Gasteiger partial charge in [0.05, 0.1) is 25.6 Å². The topological polar surface area (TPSA) is 119 Å². The number of nitrogens with zero attached hydrogens (tertiary/aromatic N) is 3. The van der Waals surface area contributed by atoms with Gasteiger partial charge in [0.2, 0.25) is 5.95 Å². The molecule has 11 heteroatoms. The summed E-state index contributed by atoms with van der Waals surface area (Å²) >= 11 is 0. The number of aromatic amines is 1. The number of H-pyrrole nitrogens is 1. The van der Waals surface area contributed by atoms with E-state index in [0.29, 0.717) is 25.3 Å². The summed E-state index contributed by atoms with van der Waals surface area (Å²) in [5.74, 6) is 0.0695. The molecule has 3 atom stereocenters. The van der Waals surface area contributed by atoms with Crippen molar-refractivity contribution in [1.29, 1.82) is 0 Å². The minimum Gasteiger partial charge on any atom is -0.634 e. The average molecular weight is 566 g/mol. The van der Waals surface area contributed by atoms with Gasteiger partial charge in [-0.3, -0.25) is 19.5 Å². The third-order valence-electron chi connectivity index (χ3n) is 5.23. The van der Waals surface area contributed by atoms with Crippen LogP contribution in [0.2, 0.25) is 5.54 Å². The van der Waals surface area contributed by atoms with E-state index in [-0.39, 0.29) is 161 Å². The Morgan fingerprint density at radius 2 is 2.07 bits per heavy atom. The summed E-state index contributed by atoms with van der Waals surface area (Å²) in [6, 6.07) is 9.84. The smallest absolute Gasteiger partial charge is 0.634 e. The molecule has 0 spiro atoms. The van der Waals surface area contributed by atoms with Crippen molar-refractivity contribution in [2.45, 2.75) is 24.6 Å². The molecular weight excluding hydrogens is 545 g/mol. The van der Waals surface area contributed by atoms with E-state index in [9.17, 15) is 9.59 Å². The number of ether oxygens (including phenoxy) is 1. The fourth-order valence-electron chi connectivity index (χ4n) is 3.77. The number of benzene rings is 1. The minimum atomic E-state index is -0.367. The van der Waals surface area contributed by atoms with Crippen molar-refractivity contribution in [1.82, 2.24) is 19.5 Å². The van der Waals surface area contributed by atoms with Gasteiger partial charge in [0.25, 0.3) is 5.56 Å². The molecule has 4 N–H and O–H groups in total. The van der Waals surface area contributed by atoms with Gasteiger partial charge in [-0.2, -0.15) is 10.5 Å². The van der Waals surface area contributed by atoms with Crippen LogP contribution in [-0.4, -0.2) is 40.7 Å². The number of rotatable bonds is 6. The first kappa shape index (κ1) is 27.1. The molecule has 0 bridgehead atoms. The molecule has 3 aromatic rings. The van der Waals surface area contributed by atoms with Gasteiger partial charge in [-0.05, 0) is 11.5 Å². The van der Waals surface area contributed by atoms with Gasteiger partial charge in [-0.1, -0.05) is 48.9 Å². The second-order valence-electron chi connectivity index (χ2n) is 6.94. The Morgan fingerprint density at radius 3 is 2.77 bits per heavy atom. The SMILES string of the molecule is C=C1[C@H](COCc2ccccc2)[C@@H]([Si-]O)C[C@@H]1n1cnc2c(=O)[nH]c(N)nc21.[Rb+].[Rb+]. The number of hydrogen-bond acceptors (Lipinski definition) is 6. The number of hydrogen-bond donors (Lipinski definition) is 3. The van der Waals surface area contributed by atoms with Crippen molar-refractivity contribution in [3.63, 3.8) is 0 Å². The molecule has 2 heterocycles. The zero-order valence-electron chi connectivity index (χ0n) is 17.2. The first-order valence-electron chi connectivity index (χ1n) is 9.00. The maximum absolute atomic E-state index is 12.0. The Kier molecular flexibility index (Phi) is 11.2. The van der Waals surface area contributed by atoms with Crippen LogP contribution in [0.5, 0.6) is 0 Å². The number of anilines is 1. The molecule has 0 aliphatic heterocycles. The van der Waals surface area contributed by atoms with Crippen LogP contribution in [0.4, 0.5) is 5.95 Å². The number of imidazole rings is 1. The average Bonchev–Trinajstić information content (AvgIpc) is 3.24. The molecular formula is C19H21N5O3Rb2Si+. The summed E-state index contributed by atoms with van der Waals surface area (Å²) in [6.07, 6.45) is 2.28. The van der Waals surface area contributed by atoms with E-state index in [0.717, 1.165) is 11.1 Å². The van der Waals surface area contributed by atoms with Crippen LogP contribution in [0.1, 0.15) is 18.0 Å². The summed E-state index contributed by atoms with van der Waals surface area (Å²) in [7, 11) is -0.219. The summed E-state index contributed by atoms with van der Waals surface area (Å²) in [6.45, 7) is 5.26. The van der Waals surface area contributed by atoms with Crippen molar-refractivity contribution < 1.29 is 126 Å². The van der Waals surface area contributed by atoms with E-state index in [2.05, 4.69) is 21.5 Å². The third-order valence-corrected chi connectivity index (χ3v) is 6.20. The number of fused-ring (bicyclic) bond motifs is 1. The van der Waals surface area contributed by atoms with E-state index in [4.69, 9.17) is 10.5 Å². The predicted molar refractivity (Wildman–Crippen MR) is 107 cm³/mol. The van der Waals surface area contributed by atoms with Gasteiger partial charge in [0.15, 0.2) is 11.2 Å². The Bertz CT molecular complexity index is 1060. The molecule has 1 saturated carbocycles. The summed E-state index contributed by atoms with van der Waals surface area (Å²) in [4.78, 5) is 32.8. The summed E-state index contributed by atoms with van der Waals surface area (Å²) in [5, 5.41) is 0. The molecule has 8 nitrogen and oxygen atoms in total. The fourth-order valence-corrected chi connectivity index (χ4v) is 4.59. The maximum Gasteiger partial charge on any atom is 1.00 e. The molecule has 0 amide bonds. The van der Waals surface area contributed by atoms with E-state index in [1.165, 1.54) is 0 Å². The molecule has 30 heavy (non-hydrogen) atoms. The minimum absolute atomic E-state index is 0. The molecule has 1 aliphatic rings. The molecule has 145 valence electrons. The van der Waals surface area contributed by atoms with Gasteiger partial charge < -0.3 is 19.8 Å². The van der Waals surface area contributed by atoms with Crippen LogP contribution in [-0.2, 0) is 11.3 Å². The number of nitrogens with two attached hydrogens (primary N) is 1. The van der Waals surface area contributed by atoms with Crippen molar-refractivity contribution in [3.8, 4) is 0 Å². The number of aromatic nitrogens is 4. The van der Waals surface area contributed by atoms with Crippen LogP contribution in [0.3, 0.4) is 0 Å². The molecule has 4 rings (SSSR count). The second kappa shape index (κ2) is 12.4. The largest absolute Gasteiger partial charge is 1.00 e. The van der Waals surface area contributed by atoms with Crippen molar-refractivity contribution in [2.24, 2.45) is 5.92 Å². The van der Waals surface area contributed by atoms with Gasteiger partial charge in [-0.25, -0.2) is 4.98 Å². The maximum atomic E-state index is 12.0. The van der Waals surface area contributed by atoms with Gasteiger partial charge >= 0.3 is 116 Å². The molecule has 1 fully saturated rings. The van der Waals surface area contributed by atoms with Crippen molar-refractivity contribution >= 4 is 26.9 Å². The Labute approximate surface area is 274 Å². The molecule has 1 aromatic carbocycles. The molecule has 2 aromatic heterocycles. The third kappa shape index (κ3) is 5.85. The summed E-state index contributed by atoms with van der Waals surface area (Å²) in [5.41, 5.74) is 8.10. The second-order valence-corrected chi connectivity index (χ2v) is 7.94. The van der Waals surface area contributed by atoms with Gasteiger partial charge in [0, 0.05) is 0 Å². The van der Waals surface area contributed by atoms with Crippen molar-refractivity contribution in [2.75, 3.05) is 12.3 Å². The van der Waals surface area contributed by atoms with E-state index in [1.807, 2.05) is 34.9 Å². The molecule has 1 radical (unpaired) electrons. The van der Waals surface area contributed by atoms with Crippen molar-refractivity contribution in [3.05, 3.63) is 64.7 Å². The van der Waals surface area contributed by atoms with Crippen LogP contribution in [0.25, 0.3) is 11.2 Å². The van der Waals surface area contributed by atoms with Gasteiger partial charge in [-0.15, -0.1) is 0 Å². The standard InChI is InChI=1S/C19H21N5O3Si.2Rb/c1-11-13(9-27-8-12-5-3-2-4-6-12)15(28-26)7-14(11)24-10-21-16-17(24)22-19(20)23-18(16)25;;/h2-6,10,13-15,26H,1,7-9H2,(H3,20,22,23,25);;/q-1;2*+1/t13-,14-,15-;;/m0../s1. The monoisotopic (exact) mass is 565 g/mol. The predicted octanol–water partition coefficient (Wildman–Crippen LogP) is -4.56. The quantitative estimate of drug-likeness (QED) is 0.205. The molecule has 0 unspecified atom stereocenters. The van der Waals surface area contributed by atoms with Crippen LogP contribution in [0, 0.1) is 5.92 Å². The van der Waals surface area contributed by atoms with Crippen LogP contribution < -0.4 is 128 Å². The molecule has 0 saturated heterocycles. The van der Waals surface area contributed by atoms with Gasteiger partial charge in [0.1, 0.15) is 0 Å². The Morgan fingerprint density at radius 1 is 1.33 bits per heavy atom. The first-order chi connectivity index (χ1) is 13.6. The van der Waals surface area contributed by atoms with Crippen LogP contribution in [0.15, 0.2) is 53.6 Å². The number of nitrogens with one attached hydrogen (secondary N) is 1. The fraction of sp³-hybridized carbons (Fsp3) is 0.316. The van der Waals surface area contributed by atoms with E-state index >= 15 is 0 Å². The van der Waals surface area contributed by atoms with E-state index < -0.39 is 0 Å².